The van der Waals surface area contributed by atoms with Crippen molar-refractivity contribution in [2.45, 2.75) is 26.2 Å². The lowest BCUT2D eigenvalue weighted by atomic mass is 10.1. The standard InChI is InChI=1S/C15H25N3O/c1-4-10-17-15(16-2)18-11-6-8-13-7-5-9-14(12-13)19-3/h5,7,9,12H,4,6,8,10-11H2,1-3H3,(H2,16,17,18). The highest BCUT2D eigenvalue weighted by Crippen LogP contribution is 2.13. The second kappa shape index (κ2) is 9.25. The van der Waals surface area contributed by atoms with Gasteiger partial charge in [-0.25, -0.2) is 0 Å². The minimum absolute atomic E-state index is 0.882. The lowest BCUT2D eigenvalue weighted by Crippen LogP contribution is -2.38. The normalized spacial score (nSPS) is 11.2. The smallest absolute Gasteiger partial charge is 0.190 e. The van der Waals surface area contributed by atoms with E-state index in [0.29, 0.717) is 0 Å². The first-order valence-corrected chi connectivity index (χ1v) is 6.87. The molecule has 4 heteroatoms. The minimum atomic E-state index is 0.882. The SMILES string of the molecule is CCCNC(=NC)NCCCc1cccc(OC)c1. The van der Waals surface area contributed by atoms with Crippen molar-refractivity contribution >= 4 is 5.96 Å². The average Bonchev–Trinajstić information content (AvgIpc) is 2.47. The molecule has 0 fully saturated rings. The minimum Gasteiger partial charge on any atom is -0.497 e. The fourth-order valence-corrected chi connectivity index (χ4v) is 1.79. The van der Waals surface area contributed by atoms with E-state index in [1.807, 2.05) is 12.1 Å². The molecule has 1 rings (SSSR count). The third-order valence-electron chi connectivity index (χ3n) is 2.83. The summed E-state index contributed by atoms with van der Waals surface area (Å²) in [6.45, 7) is 4.01. The fraction of sp³-hybridized carbons (Fsp3) is 0.533. The largest absolute Gasteiger partial charge is 0.497 e. The Hall–Kier alpha value is -1.71. The van der Waals surface area contributed by atoms with Gasteiger partial charge in [0, 0.05) is 20.1 Å². The molecule has 106 valence electrons. The first-order valence-electron chi connectivity index (χ1n) is 6.87. The van der Waals surface area contributed by atoms with E-state index in [2.05, 4.69) is 34.7 Å². The maximum Gasteiger partial charge on any atom is 0.190 e. The summed E-state index contributed by atoms with van der Waals surface area (Å²) in [6, 6.07) is 8.22. The molecular weight excluding hydrogens is 238 g/mol. The molecule has 0 bridgehead atoms. The van der Waals surface area contributed by atoms with Crippen molar-refractivity contribution in [3.8, 4) is 5.75 Å². The molecule has 0 aromatic heterocycles. The molecule has 0 aliphatic heterocycles. The molecule has 0 atom stereocenters. The van der Waals surface area contributed by atoms with Gasteiger partial charge in [0.05, 0.1) is 7.11 Å². The highest BCUT2D eigenvalue weighted by atomic mass is 16.5. The summed E-state index contributed by atoms with van der Waals surface area (Å²) < 4.78 is 5.22. The van der Waals surface area contributed by atoms with Gasteiger partial charge in [-0.15, -0.1) is 0 Å². The van der Waals surface area contributed by atoms with Gasteiger partial charge in [0.1, 0.15) is 5.75 Å². The number of methoxy groups -OCH3 is 1. The van der Waals surface area contributed by atoms with Crippen LogP contribution in [0.15, 0.2) is 29.3 Å². The summed E-state index contributed by atoms with van der Waals surface area (Å²) in [5.74, 6) is 1.80. The van der Waals surface area contributed by atoms with Crippen LogP contribution in [0.3, 0.4) is 0 Å². The van der Waals surface area contributed by atoms with Crippen LogP contribution in [0.25, 0.3) is 0 Å². The van der Waals surface area contributed by atoms with E-state index in [1.165, 1.54) is 5.56 Å². The summed E-state index contributed by atoms with van der Waals surface area (Å²) in [6.07, 6.45) is 3.21. The Morgan fingerprint density at radius 3 is 2.74 bits per heavy atom. The second-order valence-corrected chi connectivity index (χ2v) is 4.38. The number of guanidine groups is 1. The third-order valence-corrected chi connectivity index (χ3v) is 2.83. The Morgan fingerprint density at radius 2 is 2.05 bits per heavy atom. The van der Waals surface area contributed by atoms with Crippen LogP contribution in [0.5, 0.6) is 5.75 Å². The second-order valence-electron chi connectivity index (χ2n) is 4.38. The molecule has 0 aliphatic rings. The quantitative estimate of drug-likeness (QED) is 0.450. The van der Waals surface area contributed by atoms with Crippen LogP contribution in [0.1, 0.15) is 25.3 Å². The van der Waals surface area contributed by atoms with Gasteiger partial charge in [0.15, 0.2) is 5.96 Å². The van der Waals surface area contributed by atoms with E-state index >= 15 is 0 Å². The summed E-state index contributed by atoms with van der Waals surface area (Å²) in [4.78, 5) is 4.17. The van der Waals surface area contributed by atoms with Crippen LogP contribution in [0.2, 0.25) is 0 Å². The molecule has 0 saturated carbocycles. The molecule has 1 aromatic rings. The zero-order valence-electron chi connectivity index (χ0n) is 12.2. The molecular formula is C15H25N3O. The number of aryl methyl sites for hydroxylation is 1. The lowest BCUT2D eigenvalue weighted by molar-refractivity contribution is 0.414. The number of hydrogen-bond acceptors (Lipinski definition) is 2. The molecule has 19 heavy (non-hydrogen) atoms. The maximum absolute atomic E-state index is 5.22. The van der Waals surface area contributed by atoms with Crippen LogP contribution in [-0.2, 0) is 6.42 Å². The van der Waals surface area contributed by atoms with Crippen LogP contribution in [0, 0.1) is 0 Å². The maximum atomic E-state index is 5.22. The van der Waals surface area contributed by atoms with Crippen LogP contribution in [0.4, 0.5) is 0 Å². The number of ether oxygens (including phenoxy) is 1. The topological polar surface area (TPSA) is 45.7 Å². The number of benzene rings is 1. The Balaban J connectivity index is 2.26. The van der Waals surface area contributed by atoms with Crippen LogP contribution >= 0.6 is 0 Å². The van der Waals surface area contributed by atoms with Gasteiger partial charge in [-0.1, -0.05) is 19.1 Å². The van der Waals surface area contributed by atoms with Crippen molar-refractivity contribution in [3.05, 3.63) is 29.8 Å². The van der Waals surface area contributed by atoms with Crippen molar-refractivity contribution < 1.29 is 4.74 Å². The molecule has 1 aromatic carbocycles. The predicted octanol–water partition coefficient (Wildman–Crippen LogP) is 2.20. The van der Waals surface area contributed by atoms with Crippen molar-refractivity contribution in [2.24, 2.45) is 4.99 Å². The zero-order chi connectivity index (χ0) is 13.9. The van der Waals surface area contributed by atoms with E-state index in [0.717, 1.165) is 44.1 Å². The number of nitrogens with zero attached hydrogens (tertiary/aromatic N) is 1. The third kappa shape index (κ3) is 6.13. The van der Waals surface area contributed by atoms with E-state index < -0.39 is 0 Å². The van der Waals surface area contributed by atoms with Crippen molar-refractivity contribution in [3.63, 3.8) is 0 Å². The van der Waals surface area contributed by atoms with E-state index in [4.69, 9.17) is 4.74 Å². The van der Waals surface area contributed by atoms with Crippen LogP contribution in [-0.4, -0.2) is 33.2 Å². The Labute approximate surface area is 116 Å². The lowest BCUT2D eigenvalue weighted by Gasteiger charge is -2.11. The van der Waals surface area contributed by atoms with E-state index in [-0.39, 0.29) is 0 Å². The van der Waals surface area contributed by atoms with Gasteiger partial charge in [-0.2, -0.15) is 0 Å². The molecule has 0 heterocycles. The molecule has 0 radical (unpaired) electrons. The molecule has 0 unspecified atom stereocenters. The van der Waals surface area contributed by atoms with Crippen molar-refractivity contribution in [1.29, 1.82) is 0 Å². The highest BCUT2D eigenvalue weighted by molar-refractivity contribution is 5.79. The predicted molar refractivity (Wildman–Crippen MR) is 81.0 cm³/mol. The van der Waals surface area contributed by atoms with Gasteiger partial charge >= 0.3 is 0 Å². The Bertz CT molecular complexity index is 391. The van der Waals surface area contributed by atoms with Crippen molar-refractivity contribution in [2.75, 3.05) is 27.2 Å². The molecule has 2 N–H and O–H groups in total. The summed E-state index contributed by atoms with van der Waals surface area (Å²) in [5.41, 5.74) is 1.30. The molecule has 4 nitrogen and oxygen atoms in total. The highest BCUT2D eigenvalue weighted by Gasteiger charge is 1.98. The summed E-state index contributed by atoms with van der Waals surface area (Å²) >= 11 is 0. The van der Waals surface area contributed by atoms with Gasteiger partial charge in [0.2, 0.25) is 0 Å². The molecule has 0 aliphatic carbocycles. The van der Waals surface area contributed by atoms with E-state index in [9.17, 15) is 0 Å². The first kappa shape index (κ1) is 15.3. The molecule has 0 spiro atoms. The Morgan fingerprint density at radius 1 is 1.26 bits per heavy atom. The van der Waals surface area contributed by atoms with Crippen molar-refractivity contribution in [1.82, 2.24) is 10.6 Å². The average molecular weight is 263 g/mol. The van der Waals surface area contributed by atoms with Gasteiger partial charge in [0.25, 0.3) is 0 Å². The summed E-state index contributed by atoms with van der Waals surface area (Å²) in [7, 11) is 3.50. The summed E-state index contributed by atoms with van der Waals surface area (Å²) in [5, 5.41) is 6.57. The number of aliphatic imine (C=N–C) groups is 1. The number of hydrogen-bond donors (Lipinski definition) is 2. The molecule has 0 amide bonds. The van der Waals surface area contributed by atoms with Crippen LogP contribution < -0.4 is 15.4 Å². The number of rotatable bonds is 7. The zero-order valence-corrected chi connectivity index (χ0v) is 12.2. The number of nitrogens with one attached hydrogen (secondary N) is 2. The van der Waals surface area contributed by atoms with Gasteiger partial charge in [-0.05, 0) is 37.0 Å². The molecule has 0 saturated heterocycles. The first-order chi connectivity index (χ1) is 9.30. The monoisotopic (exact) mass is 263 g/mol. The fourth-order valence-electron chi connectivity index (χ4n) is 1.79. The Kier molecular flexibility index (Phi) is 7.47. The van der Waals surface area contributed by atoms with Gasteiger partial charge in [-0.3, -0.25) is 4.99 Å². The van der Waals surface area contributed by atoms with Gasteiger partial charge < -0.3 is 15.4 Å². The van der Waals surface area contributed by atoms with E-state index in [1.54, 1.807) is 14.2 Å².